The van der Waals surface area contributed by atoms with Gasteiger partial charge in [0, 0.05) is 42.5 Å². The number of nitro groups is 2. The fourth-order valence-corrected chi connectivity index (χ4v) is 9.86. The maximum Gasteiger partial charge on any atom is 0.357 e. The zero-order chi connectivity index (χ0) is 74.8. The summed E-state index contributed by atoms with van der Waals surface area (Å²) in [6.45, 7) is 9.54. The summed E-state index contributed by atoms with van der Waals surface area (Å²) < 4.78 is 31.9. The van der Waals surface area contributed by atoms with E-state index >= 15 is 0 Å². The first-order valence-electron chi connectivity index (χ1n) is 31.6. The molecule has 13 rings (SSSR count). The van der Waals surface area contributed by atoms with E-state index in [9.17, 15) is 39.0 Å². The van der Waals surface area contributed by atoms with Crippen LogP contribution in [-0.2, 0) is 16.0 Å². The zero-order valence-corrected chi connectivity index (χ0v) is 56.4. The first kappa shape index (κ1) is 75.2. The second-order valence-electron chi connectivity index (χ2n) is 22.6. The molecule has 2 aliphatic rings. The number of carbonyl (C=O) groups excluding carboxylic acids is 3. The summed E-state index contributed by atoms with van der Waals surface area (Å²) in [4.78, 5) is 59.4. The fourth-order valence-electron chi connectivity index (χ4n) is 9.86. The lowest BCUT2D eigenvalue weighted by Gasteiger charge is -2.20. The molecule has 1 unspecified atom stereocenters. The number of nitrogens with one attached hydrogen (secondary N) is 1. The highest BCUT2D eigenvalue weighted by Crippen LogP contribution is 2.32. The number of hydrogen-bond acceptors (Lipinski definition) is 21. The molecule has 524 valence electrons. The summed E-state index contributed by atoms with van der Waals surface area (Å²) in [5.74, 6) is -1.87. The number of nitrogen functional groups attached to an aromatic ring is 2. The van der Waals surface area contributed by atoms with Crippen molar-refractivity contribution in [2.75, 3.05) is 37.8 Å². The summed E-state index contributed by atoms with van der Waals surface area (Å²) in [6.07, 6.45) is 15.7. The molecule has 0 saturated carbocycles. The molecule has 11 aromatic rings. The Labute approximate surface area is 594 Å². The lowest BCUT2D eigenvalue weighted by atomic mass is 9.97. The van der Waals surface area contributed by atoms with E-state index < -0.39 is 27.5 Å². The predicted octanol–water partition coefficient (Wildman–Crippen LogP) is 10.3. The Hall–Kier alpha value is -14.6. The summed E-state index contributed by atoms with van der Waals surface area (Å²) >= 11 is 0. The first-order valence-corrected chi connectivity index (χ1v) is 31.6. The van der Waals surface area contributed by atoms with Crippen molar-refractivity contribution in [1.82, 2.24) is 54.2 Å². The number of benzene rings is 6. The number of rotatable bonds is 14. The standard InChI is InChI=1S/C24H26FN5O3.C14H13N3O2.C11H9N3.C10H6N4O2.C10H8N4.C4H4N2O2/c1-14-4-7-17(25)11-19(14)24(32)28-12-15-5-8-18(9-6-15)30-22(23(27)31)20(26)21(29-30)16-3-2-10-33-13-16;1-3-19-14(18)13-10(2)9-16-17(13)12-6-4-11(8-15)5-7-12;1-9-7-13-14(8-9)11-4-2-10(6-12)3-5-11;11-5-8-1-3-9(4-2-8)13-7-10(6-12-13)14(15)16;11-5-8-1-3-10(4-2-8)14-7-9(12)6-13-14;7-6(8)4-1-2-5-3-4/h4-9,11,16H,2-3,10,12-13,26H2,1H3,(H2,27,31)(H,28,32);4-7,9H,3H2,1-2H3;2-5,7-8H,1H3;1-4,6-7H;1-4,6-7H,12H2;1,3H,2H2. The van der Waals surface area contributed by atoms with Crippen molar-refractivity contribution in [1.29, 1.82) is 21.0 Å². The van der Waals surface area contributed by atoms with E-state index in [0.29, 0.717) is 88.2 Å². The van der Waals surface area contributed by atoms with E-state index in [4.69, 9.17) is 47.7 Å². The number of esters is 1. The first-order chi connectivity index (χ1) is 50.1. The average Bonchev–Trinajstić information content (AvgIpc) is 1.62. The molecule has 5 aromatic heterocycles. The number of ether oxygens (including phenoxy) is 2. The lowest BCUT2D eigenvalue weighted by Crippen LogP contribution is -2.23. The van der Waals surface area contributed by atoms with Gasteiger partial charge >= 0.3 is 11.7 Å². The Morgan fingerprint density at radius 1 is 0.654 bits per heavy atom. The minimum absolute atomic E-state index is 0.0128. The third-order valence-electron chi connectivity index (χ3n) is 15.2. The van der Waals surface area contributed by atoms with Gasteiger partial charge in [-0.1, -0.05) is 18.2 Å². The Balaban J connectivity index is 0.000000167. The number of primary amides is 1. The van der Waals surface area contributed by atoms with Gasteiger partial charge in [0.15, 0.2) is 11.4 Å². The largest absolute Gasteiger partial charge is 0.461 e. The van der Waals surface area contributed by atoms with Gasteiger partial charge in [-0.2, -0.15) is 46.5 Å². The molecule has 7 N–H and O–H groups in total. The van der Waals surface area contributed by atoms with Crippen molar-refractivity contribution < 1.29 is 38.1 Å². The molecule has 0 radical (unpaired) electrons. The second kappa shape index (κ2) is 36.3. The third-order valence-corrected chi connectivity index (χ3v) is 15.2. The van der Waals surface area contributed by atoms with Crippen LogP contribution in [0.25, 0.3) is 28.4 Å². The molecule has 0 aliphatic carbocycles. The molecule has 2 aliphatic heterocycles. The maximum absolute atomic E-state index is 13.5. The van der Waals surface area contributed by atoms with Gasteiger partial charge in [0.25, 0.3) is 17.5 Å². The Morgan fingerprint density at radius 2 is 1.18 bits per heavy atom. The SMILES string of the molecule is CCOC(=O)c1c(C)cnn1-c1ccc(C#N)cc1.Cc1ccc(F)cc1C(=O)NCc1ccc(-n2nc(C3CCCOC3)c(N)c2C(N)=O)cc1.Cc1cnn(-c2ccc(C#N)cc2)c1.N#Cc1ccc(-n2cc(N)cn2)cc1.N#Cc1ccc(-n2cc([N+](=O)[O-])cn2)cc1.O=[N+]([O-])C1=CCN=C1. The van der Waals surface area contributed by atoms with E-state index in [1.807, 2.05) is 49.5 Å². The summed E-state index contributed by atoms with van der Waals surface area (Å²) in [6, 6.07) is 47.4. The van der Waals surface area contributed by atoms with Crippen molar-refractivity contribution in [3.05, 3.63) is 288 Å². The number of aryl methyl sites for hydroxylation is 3. The normalized spacial score (nSPS) is 12.2. The molecule has 6 aromatic carbocycles. The van der Waals surface area contributed by atoms with Crippen LogP contribution in [0.15, 0.2) is 200 Å². The number of aliphatic imine (C=N–C) groups is 1. The van der Waals surface area contributed by atoms with E-state index in [-0.39, 0.29) is 41.1 Å². The van der Waals surface area contributed by atoms with Crippen molar-refractivity contribution in [2.45, 2.75) is 53.0 Å². The van der Waals surface area contributed by atoms with Crippen LogP contribution in [0, 0.1) is 92.1 Å². The van der Waals surface area contributed by atoms with Gasteiger partial charge in [0.2, 0.25) is 0 Å². The highest BCUT2D eigenvalue weighted by molar-refractivity contribution is 5.98. The van der Waals surface area contributed by atoms with E-state index in [0.717, 1.165) is 46.6 Å². The third kappa shape index (κ3) is 20.3. The number of aromatic nitrogens is 10. The number of allylic oxidation sites excluding steroid dienone is 1. The Bertz CT molecular complexity index is 4990. The van der Waals surface area contributed by atoms with Crippen molar-refractivity contribution in [3.8, 4) is 52.7 Å². The number of hydrogen-bond donors (Lipinski definition) is 4. The lowest BCUT2D eigenvalue weighted by molar-refractivity contribution is -0.414. The van der Waals surface area contributed by atoms with Crippen molar-refractivity contribution >= 4 is 41.1 Å². The Morgan fingerprint density at radius 3 is 1.63 bits per heavy atom. The number of halogens is 1. The molecule has 1 fully saturated rings. The predicted molar refractivity (Wildman–Crippen MR) is 380 cm³/mol. The van der Waals surface area contributed by atoms with E-state index in [2.05, 4.69) is 47.9 Å². The number of nitriles is 4. The number of anilines is 2. The molecular weight excluding hydrogens is 1330 g/mol. The molecule has 1 saturated heterocycles. The van der Waals surface area contributed by atoms with Crippen molar-refractivity contribution in [3.63, 3.8) is 0 Å². The highest BCUT2D eigenvalue weighted by Gasteiger charge is 2.28. The minimum Gasteiger partial charge on any atom is -0.461 e. The maximum atomic E-state index is 13.5. The highest BCUT2D eigenvalue weighted by atomic mass is 19.1. The summed E-state index contributed by atoms with van der Waals surface area (Å²) in [7, 11) is 0. The van der Waals surface area contributed by atoms with Gasteiger partial charge in [-0.05, 0) is 179 Å². The van der Waals surface area contributed by atoms with Gasteiger partial charge in [0.1, 0.15) is 18.2 Å². The summed E-state index contributed by atoms with van der Waals surface area (Å²) in [5.41, 5.74) is 29.4. The molecule has 31 heteroatoms. The topological polar surface area (TPSA) is 443 Å². The van der Waals surface area contributed by atoms with Crippen LogP contribution < -0.4 is 22.5 Å². The molecule has 0 spiro atoms. The quantitative estimate of drug-likeness (QED) is 0.0446. The molecule has 30 nitrogen and oxygen atoms in total. The molecule has 7 heterocycles. The molecule has 0 bridgehead atoms. The minimum atomic E-state index is -0.662. The molecule has 2 amide bonds. The van der Waals surface area contributed by atoms with Crippen LogP contribution in [0.3, 0.4) is 0 Å². The summed E-state index contributed by atoms with van der Waals surface area (Å²) in [5, 5.41) is 78.6. The van der Waals surface area contributed by atoms with Crippen LogP contribution in [0.4, 0.5) is 21.5 Å². The molecule has 1 atom stereocenters. The van der Waals surface area contributed by atoms with E-state index in [1.54, 1.807) is 158 Å². The van der Waals surface area contributed by atoms with E-state index in [1.165, 1.54) is 50.9 Å². The van der Waals surface area contributed by atoms with Gasteiger partial charge < -0.3 is 32.0 Å². The Kier molecular flexibility index (Phi) is 26.3. The second-order valence-corrected chi connectivity index (χ2v) is 22.6. The van der Waals surface area contributed by atoms with Crippen LogP contribution in [0.5, 0.6) is 0 Å². The van der Waals surface area contributed by atoms with Crippen LogP contribution in [0.2, 0.25) is 0 Å². The van der Waals surface area contributed by atoms with Gasteiger partial charge in [-0.15, -0.1) is 0 Å². The number of nitrogens with zero attached hydrogens (tertiary/aromatic N) is 17. The van der Waals surface area contributed by atoms with Crippen LogP contribution in [0.1, 0.15) is 107 Å². The zero-order valence-electron chi connectivity index (χ0n) is 56.4. The number of nitrogens with two attached hydrogens (primary N) is 3. The smallest absolute Gasteiger partial charge is 0.357 e. The average molecular weight is 1400 g/mol. The fraction of sp³-hybridized carbons (Fsp3) is 0.164. The monoisotopic (exact) mass is 1400 g/mol. The number of amides is 2. The van der Waals surface area contributed by atoms with Gasteiger partial charge in [0.05, 0.1) is 153 Å². The van der Waals surface area contributed by atoms with Crippen LogP contribution in [-0.4, -0.2) is 109 Å². The molecular formula is C73H66FN21O9. The molecule has 104 heavy (non-hydrogen) atoms. The van der Waals surface area contributed by atoms with Crippen LogP contribution >= 0.6 is 0 Å². The number of carbonyl (C=O) groups is 3. The van der Waals surface area contributed by atoms with Gasteiger partial charge in [-0.25, -0.2) is 32.6 Å². The van der Waals surface area contributed by atoms with Gasteiger partial charge in [-0.3, -0.25) is 34.8 Å². The van der Waals surface area contributed by atoms with Crippen molar-refractivity contribution in [2.24, 2.45) is 10.7 Å².